The Balaban J connectivity index is 1.64. The molecule has 2 amide bonds. The molecule has 1 atom stereocenters. The van der Waals surface area contributed by atoms with Gasteiger partial charge in [-0.1, -0.05) is 25.1 Å². The third-order valence-electron chi connectivity index (χ3n) is 7.58. The first-order chi connectivity index (χ1) is 18.4. The number of amides is 2. The van der Waals surface area contributed by atoms with Gasteiger partial charge >= 0.3 is 0 Å². The number of aliphatic hydroxyl groups is 1. The van der Waals surface area contributed by atoms with E-state index in [0.717, 1.165) is 13.1 Å². The summed E-state index contributed by atoms with van der Waals surface area (Å²) >= 11 is 0. The van der Waals surface area contributed by atoms with Crippen molar-refractivity contribution in [1.82, 2.24) is 9.80 Å². The van der Waals surface area contributed by atoms with Crippen molar-refractivity contribution in [3.8, 4) is 5.75 Å². The number of ketones is 1. The number of fused-ring (bicyclic) bond motifs is 2. The minimum absolute atomic E-state index is 0.185. The molecule has 3 aliphatic rings. The molecule has 2 saturated heterocycles. The summed E-state index contributed by atoms with van der Waals surface area (Å²) in [6.07, 6.45) is 1.26. The maximum atomic E-state index is 14.4. The van der Waals surface area contributed by atoms with E-state index in [1.807, 2.05) is 19.1 Å². The Morgan fingerprint density at radius 3 is 2.39 bits per heavy atom. The molecule has 200 valence electrons. The lowest BCUT2D eigenvalue weighted by Gasteiger charge is -2.35. The van der Waals surface area contributed by atoms with Crippen molar-refractivity contribution >= 4 is 29.0 Å². The van der Waals surface area contributed by atoms with Crippen LogP contribution in [0.25, 0.3) is 5.76 Å². The van der Waals surface area contributed by atoms with E-state index in [0.29, 0.717) is 61.7 Å². The second-order valence-electron chi connectivity index (χ2n) is 9.73. The van der Waals surface area contributed by atoms with E-state index in [4.69, 9.17) is 9.47 Å². The molecule has 0 radical (unpaired) electrons. The second-order valence-corrected chi connectivity index (χ2v) is 9.73. The normalized spacial score (nSPS) is 22.9. The van der Waals surface area contributed by atoms with Crippen LogP contribution in [0.2, 0.25) is 0 Å². The van der Waals surface area contributed by atoms with Crippen LogP contribution in [-0.4, -0.2) is 85.6 Å². The van der Waals surface area contributed by atoms with E-state index < -0.39 is 17.2 Å². The molecule has 2 aromatic rings. The first-order valence-corrected chi connectivity index (χ1v) is 13.1. The number of rotatable bonds is 8. The molecule has 3 aliphatic heterocycles. The lowest BCUT2D eigenvalue weighted by molar-refractivity contribution is -0.143. The van der Waals surface area contributed by atoms with Gasteiger partial charge in [-0.3, -0.25) is 19.3 Å². The van der Waals surface area contributed by atoms with E-state index in [9.17, 15) is 19.5 Å². The van der Waals surface area contributed by atoms with E-state index in [1.165, 1.54) is 12.0 Å². The van der Waals surface area contributed by atoms with E-state index in [1.54, 1.807) is 41.3 Å². The number of carbonyl (C=O) groups excluding carboxylic acids is 3. The van der Waals surface area contributed by atoms with Crippen molar-refractivity contribution in [2.75, 3.05) is 57.9 Å². The predicted molar refractivity (Wildman–Crippen MR) is 142 cm³/mol. The van der Waals surface area contributed by atoms with Crippen molar-refractivity contribution in [2.24, 2.45) is 0 Å². The molecule has 3 heterocycles. The number of Topliss-reactive ketones (excluding diaryl/α,β-unsaturated/α-hetero) is 1. The van der Waals surface area contributed by atoms with Crippen LogP contribution in [0.1, 0.15) is 30.9 Å². The van der Waals surface area contributed by atoms with Crippen LogP contribution in [0.3, 0.4) is 0 Å². The summed E-state index contributed by atoms with van der Waals surface area (Å²) in [5.41, 5.74) is -0.389. The van der Waals surface area contributed by atoms with Crippen molar-refractivity contribution in [3.63, 3.8) is 0 Å². The highest BCUT2D eigenvalue weighted by Crippen LogP contribution is 2.53. The number of para-hydroxylation sites is 1. The molecule has 0 aromatic heterocycles. The van der Waals surface area contributed by atoms with E-state index in [2.05, 4.69) is 4.90 Å². The summed E-state index contributed by atoms with van der Waals surface area (Å²) < 4.78 is 10.7. The topological polar surface area (TPSA) is 99.6 Å². The fourth-order valence-corrected chi connectivity index (χ4v) is 5.78. The van der Waals surface area contributed by atoms with Gasteiger partial charge in [-0.2, -0.15) is 0 Å². The molecule has 9 nitrogen and oxygen atoms in total. The van der Waals surface area contributed by atoms with Gasteiger partial charge in [0.25, 0.3) is 17.6 Å². The first-order valence-electron chi connectivity index (χ1n) is 13.1. The van der Waals surface area contributed by atoms with Crippen LogP contribution in [0.4, 0.5) is 5.69 Å². The average Bonchev–Trinajstić information content (AvgIpc) is 3.32. The number of aliphatic hydroxyl groups excluding tert-OH is 1. The van der Waals surface area contributed by atoms with Crippen LogP contribution in [0.15, 0.2) is 54.1 Å². The number of benzene rings is 2. The predicted octanol–water partition coefficient (Wildman–Crippen LogP) is 2.75. The van der Waals surface area contributed by atoms with Crippen LogP contribution in [0, 0.1) is 0 Å². The molecular weight excluding hydrogens is 486 g/mol. The van der Waals surface area contributed by atoms with E-state index >= 15 is 0 Å². The standard InChI is InChI=1S/C29H33N3O6/c1-3-13-31-23-8-5-4-7-22(23)29(28(31)36)24(25(33)20-9-11-21(37-2)12-10-20)26(34)27(35)32(29)15-6-14-30-16-18-38-19-17-30/h4-5,7-12,33H,3,6,13-19H2,1-2H3/t29-/m0/s1. The molecule has 0 unspecified atom stereocenters. The molecule has 5 rings (SSSR count). The van der Waals surface area contributed by atoms with Crippen molar-refractivity contribution in [2.45, 2.75) is 25.3 Å². The van der Waals surface area contributed by atoms with Crippen molar-refractivity contribution in [3.05, 3.63) is 65.2 Å². The maximum absolute atomic E-state index is 14.4. The maximum Gasteiger partial charge on any atom is 0.296 e. The number of methoxy groups -OCH3 is 1. The minimum atomic E-state index is -1.73. The highest BCUT2D eigenvalue weighted by atomic mass is 16.5. The van der Waals surface area contributed by atoms with Gasteiger partial charge in [-0.05, 0) is 43.2 Å². The summed E-state index contributed by atoms with van der Waals surface area (Å²) in [6.45, 7) is 6.21. The highest BCUT2D eigenvalue weighted by Gasteiger charge is 2.66. The lowest BCUT2D eigenvalue weighted by Crippen LogP contribution is -2.52. The Labute approximate surface area is 222 Å². The van der Waals surface area contributed by atoms with Crippen LogP contribution in [0.5, 0.6) is 5.75 Å². The zero-order valence-electron chi connectivity index (χ0n) is 21.8. The smallest absolute Gasteiger partial charge is 0.296 e. The Bertz CT molecular complexity index is 1270. The number of carbonyl (C=O) groups is 3. The molecule has 1 N–H and O–H groups in total. The molecule has 2 fully saturated rings. The zero-order valence-corrected chi connectivity index (χ0v) is 21.8. The van der Waals surface area contributed by atoms with Gasteiger partial charge in [0.2, 0.25) is 0 Å². The number of likely N-dealkylation sites (tertiary alicyclic amines) is 1. The quantitative estimate of drug-likeness (QED) is 0.325. The number of nitrogens with zero attached hydrogens (tertiary/aromatic N) is 3. The van der Waals surface area contributed by atoms with Crippen LogP contribution >= 0.6 is 0 Å². The van der Waals surface area contributed by atoms with Crippen LogP contribution < -0.4 is 9.64 Å². The van der Waals surface area contributed by atoms with Gasteiger partial charge in [0.05, 0.1) is 31.6 Å². The van der Waals surface area contributed by atoms with Gasteiger partial charge in [-0.15, -0.1) is 0 Å². The lowest BCUT2D eigenvalue weighted by atomic mass is 9.82. The summed E-state index contributed by atoms with van der Waals surface area (Å²) in [4.78, 5) is 46.9. The number of hydrogen-bond donors (Lipinski definition) is 1. The molecular formula is C29H33N3O6. The minimum Gasteiger partial charge on any atom is -0.507 e. The number of ether oxygens (including phenoxy) is 2. The van der Waals surface area contributed by atoms with Gasteiger partial charge in [0, 0.05) is 43.9 Å². The average molecular weight is 520 g/mol. The summed E-state index contributed by atoms with van der Waals surface area (Å²) in [6, 6.07) is 13.8. The Hall–Kier alpha value is -3.69. The Morgan fingerprint density at radius 1 is 1.00 bits per heavy atom. The number of anilines is 1. The van der Waals surface area contributed by atoms with E-state index in [-0.39, 0.29) is 23.8 Å². The third kappa shape index (κ3) is 4.06. The summed E-state index contributed by atoms with van der Waals surface area (Å²) in [5.74, 6) is -1.81. The fraction of sp³-hybridized carbons (Fsp3) is 0.414. The molecule has 1 spiro atoms. The monoisotopic (exact) mass is 519 g/mol. The highest BCUT2D eigenvalue weighted by molar-refractivity contribution is 6.50. The molecule has 0 bridgehead atoms. The Morgan fingerprint density at radius 2 is 1.71 bits per heavy atom. The van der Waals surface area contributed by atoms with Gasteiger partial charge in [0.15, 0.2) is 5.54 Å². The molecule has 0 aliphatic carbocycles. The van der Waals surface area contributed by atoms with Gasteiger partial charge in [-0.25, -0.2) is 0 Å². The molecule has 38 heavy (non-hydrogen) atoms. The Kier molecular flexibility index (Phi) is 7.23. The second kappa shape index (κ2) is 10.6. The van der Waals surface area contributed by atoms with Crippen molar-refractivity contribution < 1.29 is 29.0 Å². The molecule has 2 aromatic carbocycles. The first kappa shape index (κ1) is 25.9. The third-order valence-corrected chi connectivity index (χ3v) is 7.58. The number of morpholine rings is 1. The largest absolute Gasteiger partial charge is 0.507 e. The SMILES string of the molecule is CCCN1C(=O)[C@@]2(C(=C(O)c3ccc(OC)cc3)C(=O)C(=O)N2CCCN2CCOCC2)c2ccccc21. The van der Waals surface area contributed by atoms with Crippen molar-refractivity contribution in [1.29, 1.82) is 0 Å². The number of hydrogen-bond acceptors (Lipinski definition) is 7. The fourth-order valence-electron chi connectivity index (χ4n) is 5.78. The van der Waals surface area contributed by atoms with Crippen LogP contribution in [-0.2, 0) is 24.7 Å². The summed E-state index contributed by atoms with van der Waals surface area (Å²) in [5, 5.41) is 11.6. The molecule has 9 heteroatoms. The van der Waals surface area contributed by atoms with Gasteiger partial charge < -0.3 is 24.4 Å². The molecule has 0 saturated carbocycles. The zero-order chi connectivity index (χ0) is 26.9. The summed E-state index contributed by atoms with van der Waals surface area (Å²) in [7, 11) is 1.53. The van der Waals surface area contributed by atoms with Gasteiger partial charge in [0.1, 0.15) is 11.5 Å².